The van der Waals surface area contributed by atoms with Crippen molar-refractivity contribution in [3.63, 3.8) is 0 Å². The first-order chi connectivity index (χ1) is 10.8. The first-order valence-electron chi connectivity index (χ1n) is 7.14. The van der Waals surface area contributed by atoms with E-state index in [1.807, 2.05) is 0 Å². The van der Waals surface area contributed by atoms with Gasteiger partial charge >= 0.3 is 5.97 Å². The third-order valence-electron chi connectivity index (χ3n) is 3.28. The van der Waals surface area contributed by atoms with Crippen molar-refractivity contribution in [3.8, 4) is 5.75 Å². The van der Waals surface area contributed by atoms with Crippen LogP contribution in [0, 0.1) is 0 Å². The summed E-state index contributed by atoms with van der Waals surface area (Å²) in [5.74, 6) is -1.22. The van der Waals surface area contributed by atoms with Gasteiger partial charge in [0.15, 0.2) is 5.78 Å². The van der Waals surface area contributed by atoms with E-state index >= 15 is 0 Å². The molecule has 0 saturated carbocycles. The van der Waals surface area contributed by atoms with Crippen LogP contribution in [0.15, 0.2) is 22.7 Å². The monoisotopic (exact) mass is 385 g/mol. The molecule has 0 aromatic heterocycles. The number of hydrogen-bond donors (Lipinski definition) is 1. The number of ketones is 1. The smallest absolute Gasteiger partial charge is 0.323 e. The number of carbonyl (C=O) groups is 3. The van der Waals surface area contributed by atoms with Gasteiger partial charge in [0.2, 0.25) is 5.91 Å². The van der Waals surface area contributed by atoms with E-state index in [0.717, 1.165) is 4.47 Å². The van der Waals surface area contributed by atoms with E-state index in [0.29, 0.717) is 11.3 Å². The molecule has 1 aromatic carbocycles. The Morgan fingerprint density at radius 2 is 1.91 bits per heavy atom. The number of nitrogens with zero attached hydrogens (tertiary/aromatic N) is 1. The zero-order chi connectivity index (χ0) is 17.6. The molecule has 0 aliphatic heterocycles. The molecule has 126 valence electrons. The summed E-state index contributed by atoms with van der Waals surface area (Å²) in [6.45, 7) is 3.10. The van der Waals surface area contributed by atoms with Gasteiger partial charge in [0.05, 0.1) is 12.7 Å². The van der Waals surface area contributed by atoms with Gasteiger partial charge in [0.25, 0.3) is 0 Å². The predicted molar refractivity (Wildman–Crippen MR) is 88.7 cm³/mol. The van der Waals surface area contributed by atoms with Crippen molar-refractivity contribution in [3.05, 3.63) is 28.2 Å². The number of rotatable bonds is 8. The van der Waals surface area contributed by atoms with E-state index in [-0.39, 0.29) is 37.1 Å². The standard InChI is InChI=1S/C16H20BrNO5/c1-10(2)18(9-16(21)22)15(20)7-5-13(19)12-8-11(17)4-6-14(12)23-3/h4,6,8,10H,5,7,9H2,1-3H3,(H,21,22). The van der Waals surface area contributed by atoms with Crippen LogP contribution in [0.1, 0.15) is 37.0 Å². The molecule has 6 nitrogen and oxygen atoms in total. The Labute approximate surface area is 143 Å². The van der Waals surface area contributed by atoms with E-state index in [1.54, 1.807) is 32.0 Å². The number of ether oxygens (including phenoxy) is 1. The lowest BCUT2D eigenvalue weighted by molar-refractivity contribution is -0.145. The summed E-state index contributed by atoms with van der Waals surface area (Å²) in [5, 5.41) is 8.85. The van der Waals surface area contributed by atoms with Crippen molar-refractivity contribution in [2.24, 2.45) is 0 Å². The Bertz CT molecular complexity index is 600. The molecule has 1 rings (SSSR count). The predicted octanol–water partition coefficient (Wildman–Crippen LogP) is 2.74. The number of Topliss-reactive ketones (excluding diaryl/α,β-unsaturated/α-hetero) is 1. The largest absolute Gasteiger partial charge is 0.496 e. The summed E-state index contributed by atoms with van der Waals surface area (Å²) < 4.78 is 5.89. The summed E-state index contributed by atoms with van der Waals surface area (Å²) in [6.07, 6.45) is -0.0472. The Kier molecular flexibility index (Phi) is 7.22. The fourth-order valence-electron chi connectivity index (χ4n) is 2.10. The zero-order valence-corrected chi connectivity index (χ0v) is 14.9. The molecular formula is C16H20BrNO5. The molecule has 1 amide bonds. The van der Waals surface area contributed by atoms with Crippen LogP contribution in [-0.2, 0) is 9.59 Å². The number of carboxylic acid groups (broad SMARTS) is 1. The quantitative estimate of drug-likeness (QED) is 0.695. The third-order valence-corrected chi connectivity index (χ3v) is 3.77. The second kappa shape index (κ2) is 8.67. The first-order valence-corrected chi connectivity index (χ1v) is 7.93. The molecule has 0 aliphatic rings. The number of carboxylic acids is 1. The summed E-state index contributed by atoms with van der Waals surface area (Å²) in [4.78, 5) is 36.5. The summed E-state index contributed by atoms with van der Waals surface area (Å²) in [5.41, 5.74) is 0.393. The van der Waals surface area contributed by atoms with Gasteiger partial charge in [-0.1, -0.05) is 15.9 Å². The van der Waals surface area contributed by atoms with E-state index in [9.17, 15) is 14.4 Å². The lowest BCUT2D eigenvalue weighted by Gasteiger charge is -2.24. The topological polar surface area (TPSA) is 83.9 Å². The number of hydrogen-bond acceptors (Lipinski definition) is 4. The highest BCUT2D eigenvalue weighted by Crippen LogP contribution is 2.24. The van der Waals surface area contributed by atoms with Crippen LogP contribution in [0.3, 0.4) is 0 Å². The normalized spacial score (nSPS) is 10.5. The van der Waals surface area contributed by atoms with Crippen molar-refractivity contribution in [2.75, 3.05) is 13.7 Å². The fourth-order valence-corrected chi connectivity index (χ4v) is 2.46. The molecule has 0 atom stereocenters. The Morgan fingerprint density at radius 1 is 1.26 bits per heavy atom. The molecule has 0 aliphatic carbocycles. The van der Waals surface area contributed by atoms with E-state index in [2.05, 4.69) is 15.9 Å². The molecule has 0 spiro atoms. The Morgan fingerprint density at radius 3 is 2.43 bits per heavy atom. The molecule has 0 heterocycles. The molecule has 23 heavy (non-hydrogen) atoms. The highest BCUT2D eigenvalue weighted by Gasteiger charge is 2.21. The minimum Gasteiger partial charge on any atom is -0.496 e. The van der Waals surface area contributed by atoms with E-state index in [4.69, 9.17) is 9.84 Å². The Balaban J connectivity index is 2.77. The number of benzene rings is 1. The number of aliphatic carboxylic acids is 1. The highest BCUT2D eigenvalue weighted by molar-refractivity contribution is 9.10. The maximum absolute atomic E-state index is 12.3. The number of halogens is 1. The molecule has 0 unspecified atom stereocenters. The Hall–Kier alpha value is -1.89. The second-order valence-corrected chi connectivity index (χ2v) is 6.19. The fraction of sp³-hybridized carbons (Fsp3) is 0.438. The lowest BCUT2D eigenvalue weighted by Crippen LogP contribution is -2.40. The molecular weight excluding hydrogens is 366 g/mol. The van der Waals surface area contributed by atoms with E-state index in [1.165, 1.54) is 12.0 Å². The van der Waals surface area contributed by atoms with Crippen molar-refractivity contribution < 1.29 is 24.2 Å². The van der Waals surface area contributed by atoms with Crippen molar-refractivity contribution in [1.82, 2.24) is 4.90 Å². The average molecular weight is 386 g/mol. The van der Waals surface area contributed by atoms with Gasteiger partial charge in [-0.3, -0.25) is 14.4 Å². The third kappa shape index (κ3) is 5.67. The van der Waals surface area contributed by atoms with Crippen LogP contribution in [0.25, 0.3) is 0 Å². The van der Waals surface area contributed by atoms with Crippen LogP contribution >= 0.6 is 15.9 Å². The van der Waals surface area contributed by atoms with Gasteiger partial charge in [-0.25, -0.2) is 0 Å². The van der Waals surface area contributed by atoms with Crippen molar-refractivity contribution in [2.45, 2.75) is 32.7 Å². The average Bonchev–Trinajstić information content (AvgIpc) is 2.49. The molecule has 0 fully saturated rings. The maximum atomic E-state index is 12.3. The number of carbonyl (C=O) groups excluding carboxylic acids is 2. The molecule has 0 radical (unpaired) electrons. The van der Waals surface area contributed by atoms with Gasteiger partial charge in [0.1, 0.15) is 12.3 Å². The van der Waals surface area contributed by atoms with E-state index < -0.39 is 5.97 Å². The van der Waals surface area contributed by atoms with Crippen LogP contribution < -0.4 is 4.74 Å². The van der Waals surface area contributed by atoms with Crippen molar-refractivity contribution >= 4 is 33.6 Å². The van der Waals surface area contributed by atoms with Gasteiger partial charge in [0, 0.05) is 23.4 Å². The highest BCUT2D eigenvalue weighted by atomic mass is 79.9. The summed E-state index contributed by atoms with van der Waals surface area (Å²) in [6, 6.07) is 4.83. The molecule has 0 bridgehead atoms. The van der Waals surface area contributed by atoms with Crippen LogP contribution in [-0.4, -0.2) is 47.4 Å². The van der Waals surface area contributed by atoms with Crippen LogP contribution in [0.5, 0.6) is 5.75 Å². The van der Waals surface area contributed by atoms with Crippen LogP contribution in [0.4, 0.5) is 0 Å². The lowest BCUT2D eigenvalue weighted by atomic mass is 10.0. The zero-order valence-electron chi connectivity index (χ0n) is 13.3. The second-order valence-electron chi connectivity index (χ2n) is 5.28. The molecule has 1 aromatic rings. The molecule has 1 N–H and O–H groups in total. The maximum Gasteiger partial charge on any atom is 0.323 e. The van der Waals surface area contributed by atoms with Gasteiger partial charge in [-0.05, 0) is 32.0 Å². The van der Waals surface area contributed by atoms with Crippen molar-refractivity contribution in [1.29, 1.82) is 0 Å². The van der Waals surface area contributed by atoms with Crippen LogP contribution in [0.2, 0.25) is 0 Å². The number of amides is 1. The minimum absolute atomic E-state index is 0.00547. The summed E-state index contributed by atoms with van der Waals surface area (Å²) in [7, 11) is 1.47. The molecule has 0 saturated heterocycles. The first kappa shape index (κ1) is 19.2. The summed E-state index contributed by atoms with van der Waals surface area (Å²) >= 11 is 3.30. The van der Waals surface area contributed by atoms with Gasteiger partial charge in [-0.2, -0.15) is 0 Å². The minimum atomic E-state index is -1.08. The van der Waals surface area contributed by atoms with Gasteiger partial charge in [-0.15, -0.1) is 0 Å². The molecule has 7 heteroatoms. The van der Waals surface area contributed by atoms with Gasteiger partial charge < -0.3 is 14.7 Å². The SMILES string of the molecule is COc1ccc(Br)cc1C(=O)CCC(=O)N(CC(=O)O)C(C)C. The number of methoxy groups -OCH3 is 1.